The van der Waals surface area contributed by atoms with Gasteiger partial charge in [0.15, 0.2) is 17.3 Å². The van der Waals surface area contributed by atoms with Crippen LogP contribution in [0.2, 0.25) is 5.02 Å². The van der Waals surface area contributed by atoms with Crippen LogP contribution in [0.5, 0.6) is 11.5 Å². The quantitative estimate of drug-likeness (QED) is 0.562. The number of anilines is 1. The summed E-state index contributed by atoms with van der Waals surface area (Å²) < 4.78 is 21.7. The Kier molecular flexibility index (Phi) is 5.87. The summed E-state index contributed by atoms with van der Waals surface area (Å²) in [6.07, 6.45) is 0. The molecule has 0 atom stereocenters. The molecule has 166 valence electrons. The summed E-state index contributed by atoms with van der Waals surface area (Å²) >= 11 is 5.96. The molecule has 2 aromatic carbocycles. The molecule has 32 heavy (non-hydrogen) atoms. The van der Waals surface area contributed by atoms with Crippen LogP contribution in [-0.2, 0) is 16.1 Å². The van der Waals surface area contributed by atoms with Gasteiger partial charge in [0.05, 0.1) is 6.61 Å². The second-order valence-corrected chi connectivity index (χ2v) is 8.02. The fraction of sp³-hybridized carbons (Fsp3) is 0.304. The Morgan fingerprint density at radius 1 is 1.00 bits per heavy atom. The first-order chi connectivity index (χ1) is 15.7. The standard InChI is InChI=1S/C23H22ClN3O5/c24-17-2-4-19(5-3-17)26-7-9-27(10-8-26)23(28)14-29-13-18-12-21(32-25-18)16-1-6-20-22(11-16)31-15-30-20/h1-6,11-12H,7-10,13-15H2. The number of nitrogens with zero attached hydrogens (tertiary/aromatic N) is 3. The van der Waals surface area contributed by atoms with Crippen molar-refractivity contribution in [3.8, 4) is 22.8 Å². The summed E-state index contributed by atoms with van der Waals surface area (Å²) in [7, 11) is 0. The van der Waals surface area contributed by atoms with Crippen molar-refractivity contribution < 1.29 is 23.5 Å². The van der Waals surface area contributed by atoms with Crippen LogP contribution in [0.15, 0.2) is 53.1 Å². The van der Waals surface area contributed by atoms with Crippen LogP contribution in [0.3, 0.4) is 0 Å². The summed E-state index contributed by atoms with van der Waals surface area (Å²) in [4.78, 5) is 16.6. The van der Waals surface area contributed by atoms with E-state index in [4.69, 9.17) is 30.3 Å². The Morgan fingerprint density at radius 3 is 2.59 bits per heavy atom. The highest BCUT2D eigenvalue weighted by molar-refractivity contribution is 6.30. The summed E-state index contributed by atoms with van der Waals surface area (Å²) in [5.41, 5.74) is 2.57. The van der Waals surface area contributed by atoms with Gasteiger partial charge in [0.2, 0.25) is 12.7 Å². The molecule has 0 bridgehead atoms. The third-order valence-electron chi connectivity index (χ3n) is 5.52. The van der Waals surface area contributed by atoms with Gasteiger partial charge < -0.3 is 28.5 Å². The summed E-state index contributed by atoms with van der Waals surface area (Å²) in [6.45, 7) is 3.29. The minimum atomic E-state index is -0.0276. The Labute approximate surface area is 190 Å². The van der Waals surface area contributed by atoms with E-state index in [1.807, 2.05) is 47.4 Å². The molecule has 8 nitrogen and oxygen atoms in total. The van der Waals surface area contributed by atoms with E-state index in [0.29, 0.717) is 36.0 Å². The smallest absolute Gasteiger partial charge is 0.248 e. The molecule has 0 aliphatic carbocycles. The number of amides is 1. The van der Waals surface area contributed by atoms with Gasteiger partial charge in [-0.05, 0) is 42.5 Å². The van der Waals surface area contributed by atoms with Crippen molar-refractivity contribution in [2.45, 2.75) is 6.61 Å². The summed E-state index contributed by atoms with van der Waals surface area (Å²) in [5.74, 6) is 1.97. The Bertz CT molecular complexity index is 1090. The zero-order chi connectivity index (χ0) is 21.9. The van der Waals surface area contributed by atoms with E-state index in [0.717, 1.165) is 29.4 Å². The SMILES string of the molecule is O=C(COCc1cc(-c2ccc3c(c2)OCO3)on1)N1CCN(c2ccc(Cl)cc2)CC1. The van der Waals surface area contributed by atoms with Crippen molar-refractivity contribution in [3.05, 3.63) is 59.2 Å². The molecule has 0 unspecified atom stereocenters. The molecule has 1 aromatic heterocycles. The number of rotatable bonds is 6. The number of hydrogen-bond acceptors (Lipinski definition) is 7. The fourth-order valence-electron chi connectivity index (χ4n) is 3.77. The molecule has 3 heterocycles. The lowest BCUT2D eigenvalue weighted by Crippen LogP contribution is -2.49. The van der Waals surface area contributed by atoms with Gasteiger partial charge in [-0.1, -0.05) is 16.8 Å². The Hall–Kier alpha value is -3.23. The van der Waals surface area contributed by atoms with Crippen molar-refractivity contribution in [1.82, 2.24) is 10.1 Å². The number of aromatic nitrogens is 1. The maximum atomic E-state index is 12.5. The molecule has 3 aromatic rings. The maximum Gasteiger partial charge on any atom is 0.248 e. The second-order valence-electron chi connectivity index (χ2n) is 7.59. The van der Waals surface area contributed by atoms with Gasteiger partial charge in [-0.2, -0.15) is 0 Å². The molecular weight excluding hydrogens is 434 g/mol. The Morgan fingerprint density at radius 2 is 1.78 bits per heavy atom. The molecule has 0 N–H and O–H groups in total. The molecule has 5 rings (SSSR count). The van der Waals surface area contributed by atoms with Gasteiger partial charge in [0.25, 0.3) is 0 Å². The topological polar surface area (TPSA) is 77.3 Å². The summed E-state index contributed by atoms with van der Waals surface area (Å²) in [5, 5.41) is 4.75. The average molecular weight is 456 g/mol. The largest absolute Gasteiger partial charge is 0.454 e. The number of carbonyl (C=O) groups is 1. The predicted molar refractivity (Wildman–Crippen MR) is 118 cm³/mol. The van der Waals surface area contributed by atoms with Crippen molar-refractivity contribution in [2.24, 2.45) is 0 Å². The number of halogens is 1. The number of piperazine rings is 1. The van der Waals surface area contributed by atoms with Crippen molar-refractivity contribution in [1.29, 1.82) is 0 Å². The van der Waals surface area contributed by atoms with Gasteiger partial charge in [0.1, 0.15) is 12.3 Å². The van der Waals surface area contributed by atoms with Crippen LogP contribution in [-0.4, -0.2) is 55.5 Å². The second kappa shape index (κ2) is 9.10. The molecule has 9 heteroatoms. The van der Waals surface area contributed by atoms with Gasteiger partial charge in [-0.15, -0.1) is 0 Å². The van der Waals surface area contributed by atoms with Crippen LogP contribution in [0.1, 0.15) is 5.69 Å². The third kappa shape index (κ3) is 4.51. The number of fused-ring (bicyclic) bond motifs is 1. The van der Waals surface area contributed by atoms with Crippen molar-refractivity contribution in [3.63, 3.8) is 0 Å². The molecule has 2 aliphatic heterocycles. The minimum absolute atomic E-state index is 0.00711. The zero-order valence-electron chi connectivity index (χ0n) is 17.3. The van der Waals surface area contributed by atoms with Crippen molar-refractivity contribution >= 4 is 23.2 Å². The van der Waals surface area contributed by atoms with Crippen LogP contribution < -0.4 is 14.4 Å². The highest BCUT2D eigenvalue weighted by Crippen LogP contribution is 2.36. The minimum Gasteiger partial charge on any atom is -0.454 e. The van der Waals surface area contributed by atoms with E-state index in [1.165, 1.54) is 0 Å². The number of benzene rings is 2. The molecule has 1 amide bonds. The van der Waals surface area contributed by atoms with Gasteiger partial charge >= 0.3 is 0 Å². The normalized spacial score (nSPS) is 15.3. The molecule has 1 fully saturated rings. The number of hydrogen-bond donors (Lipinski definition) is 0. The first-order valence-corrected chi connectivity index (χ1v) is 10.8. The van der Waals surface area contributed by atoms with E-state index in [2.05, 4.69) is 10.1 Å². The Balaban J connectivity index is 1.08. The molecule has 2 aliphatic rings. The average Bonchev–Trinajstić information content (AvgIpc) is 3.49. The predicted octanol–water partition coefficient (Wildman–Crippen LogP) is 3.59. The van der Waals surface area contributed by atoms with E-state index in [9.17, 15) is 4.79 Å². The first kappa shape index (κ1) is 20.7. The molecule has 0 radical (unpaired) electrons. The third-order valence-corrected chi connectivity index (χ3v) is 5.77. The van der Waals surface area contributed by atoms with Crippen LogP contribution >= 0.6 is 11.6 Å². The molecule has 1 saturated heterocycles. The van der Waals surface area contributed by atoms with Gasteiger partial charge in [-0.25, -0.2) is 0 Å². The fourth-order valence-corrected chi connectivity index (χ4v) is 3.89. The monoisotopic (exact) mass is 455 g/mol. The first-order valence-electron chi connectivity index (χ1n) is 10.4. The van der Waals surface area contributed by atoms with E-state index >= 15 is 0 Å². The lowest BCUT2D eigenvalue weighted by atomic mass is 10.1. The highest BCUT2D eigenvalue weighted by atomic mass is 35.5. The van der Waals surface area contributed by atoms with Crippen LogP contribution in [0.4, 0.5) is 5.69 Å². The van der Waals surface area contributed by atoms with Gasteiger partial charge in [-0.3, -0.25) is 4.79 Å². The summed E-state index contributed by atoms with van der Waals surface area (Å²) in [6, 6.07) is 15.1. The lowest BCUT2D eigenvalue weighted by Gasteiger charge is -2.36. The van der Waals surface area contributed by atoms with E-state index in [-0.39, 0.29) is 25.9 Å². The van der Waals surface area contributed by atoms with E-state index < -0.39 is 0 Å². The lowest BCUT2D eigenvalue weighted by molar-refractivity contribution is -0.136. The van der Waals surface area contributed by atoms with E-state index in [1.54, 1.807) is 6.07 Å². The zero-order valence-corrected chi connectivity index (χ0v) is 18.1. The highest BCUT2D eigenvalue weighted by Gasteiger charge is 2.21. The number of ether oxygens (including phenoxy) is 3. The maximum absolute atomic E-state index is 12.5. The van der Waals surface area contributed by atoms with Gasteiger partial charge in [0, 0.05) is 48.5 Å². The molecular formula is C23H22ClN3O5. The van der Waals surface area contributed by atoms with Crippen LogP contribution in [0.25, 0.3) is 11.3 Å². The van der Waals surface area contributed by atoms with Crippen LogP contribution in [0, 0.1) is 0 Å². The molecule has 0 saturated carbocycles. The number of carbonyl (C=O) groups excluding carboxylic acids is 1. The van der Waals surface area contributed by atoms with Crippen molar-refractivity contribution in [2.75, 3.05) is 44.5 Å². The molecule has 0 spiro atoms.